The van der Waals surface area contributed by atoms with Gasteiger partial charge in [0.25, 0.3) is 0 Å². The summed E-state index contributed by atoms with van der Waals surface area (Å²) in [7, 11) is 0. The Morgan fingerprint density at radius 2 is 2.11 bits per heavy atom. The van der Waals surface area contributed by atoms with E-state index in [9.17, 15) is 4.39 Å². The number of hydrogen-bond acceptors (Lipinski definition) is 5. The van der Waals surface area contributed by atoms with E-state index in [-0.39, 0.29) is 11.6 Å². The van der Waals surface area contributed by atoms with E-state index < -0.39 is 5.82 Å². The molecular formula is C19H17ClFN5OS. The highest BCUT2D eigenvalue weighted by molar-refractivity contribution is 7.98. The number of benzene rings is 1. The van der Waals surface area contributed by atoms with Crippen molar-refractivity contribution in [2.24, 2.45) is 0 Å². The third-order valence-corrected chi connectivity index (χ3v) is 5.42. The summed E-state index contributed by atoms with van der Waals surface area (Å²) in [5.74, 6) is 1.39. The summed E-state index contributed by atoms with van der Waals surface area (Å²) in [6, 6.07) is 10.2. The summed E-state index contributed by atoms with van der Waals surface area (Å²) >= 11 is 7.36. The quantitative estimate of drug-likeness (QED) is 0.411. The zero-order valence-corrected chi connectivity index (χ0v) is 16.6. The maximum absolute atomic E-state index is 13.3. The smallest absolute Gasteiger partial charge is 0.191 e. The monoisotopic (exact) mass is 417 g/mol. The van der Waals surface area contributed by atoms with Gasteiger partial charge in [-0.2, -0.15) is 0 Å². The maximum atomic E-state index is 13.3. The summed E-state index contributed by atoms with van der Waals surface area (Å²) in [6.07, 6.45) is 3.99. The van der Waals surface area contributed by atoms with E-state index in [2.05, 4.69) is 15.2 Å². The molecule has 0 saturated carbocycles. The van der Waals surface area contributed by atoms with Gasteiger partial charge in [0, 0.05) is 30.8 Å². The van der Waals surface area contributed by atoms with Crippen molar-refractivity contribution in [1.82, 2.24) is 24.1 Å². The van der Waals surface area contributed by atoms with E-state index in [1.807, 2.05) is 46.5 Å². The SMILES string of the molecule is CCn1c(COc2ccc(F)c(Cl)c2)nnc1SCc1cn2ccccc2n1. The van der Waals surface area contributed by atoms with Crippen molar-refractivity contribution in [3.8, 4) is 5.75 Å². The van der Waals surface area contributed by atoms with Crippen molar-refractivity contribution >= 4 is 29.0 Å². The van der Waals surface area contributed by atoms with Crippen LogP contribution in [0.5, 0.6) is 5.75 Å². The molecule has 0 bridgehead atoms. The van der Waals surface area contributed by atoms with Crippen LogP contribution in [0.15, 0.2) is 53.9 Å². The molecule has 4 rings (SSSR count). The van der Waals surface area contributed by atoms with E-state index in [1.165, 1.54) is 18.2 Å². The van der Waals surface area contributed by atoms with Crippen LogP contribution in [-0.4, -0.2) is 24.1 Å². The van der Waals surface area contributed by atoms with Crippen LogP contribution in [0.4, 0.5) is 4.39 Å². The Morgan fingerprint density at radius 1 is 1.21 bits per heavy atom. The average molecular weight is 418 g/mol. The molecule has 1 aromatic carbocycles. The Labute approximate surface area is 170 Å². The van der Waals surface area contributed by atoms with Gasteiger partial charge in [0.05, 0.1) is 10.7 Å². The Morgan fingerprint density at radius 3 is 2.89 bits per heavy atom. The molecule has 6 nitrogen and oxygen atoms in total. The molecule has 3 aromatic heterocycles. The molecule has 0 atom stereocenters. The van der Waals surface area contributed by atoms with Gasteiger partial charge >= 0.3 is 0 Å². The normalized spacial score (nSPS) is 11.2. The molecule has 144 valence electrons. The van der Waals surface area contributed by atoms with E-state index in [4.69, 9.17) is 16.3 Å². The first-order valence-corrected chi connectivity index (χ1v) is 10.1. The van der Waals surface area contributed by atoms with Crippen molar-refractivity contribution in [2.75, 3.05) is 0 Å². The number of ether oxygens (including phenoxy) is 1. The van der Waals surface area contributed by atoms with Crippen molar-refractivity contribution in [3.05, 3.63) is 71.2 Å². The molecule has 0 aliphatic heterocycles. The largest absolute Gasteiger partial charge is 0.486 e. The molecule has 0 N–H and O–H groups in total. The minimum absolute atomic E-state index is 0.0261. The molecule has 0 radical (unpaired) electrons. The van der Waals surface area contributed by atoms with Crippen LogP contribution in [0.25, 0.3) is 5.65 Å². The van der Waals surface area contributed by atoms with Crippen LogP contribution >= 0.6 is 23.4 Å². The van der Waals surface area contributed by atoms with Crippen LogP contribution in [0.2, 0.25) is 5.02 Å². The van der Waals surface area contributed by atoms with Crippen LogP contribution in [0.1, 0.15) is 18.4 Å². The van der Waals surface area contributed by atoms with E-state index in [0.29, 0.717) is 23.9 Å². The molecule has 0 aliphatic rings. The lowest BCUT2D eigenvalue weighted by Crippen LogP contribution is -2.07. The number of pyridine rings is 1. The van der Waals surface area contributed by atoms with Gasteiger partial charge < -0.3 is 13.7 Å². The van der Waals surface area contributed by atoms with Crippen molar-refractivity contribution in [2.45, 2.75) is 31.0 Å². The number of fused-ring (bicyclic) bond motifs is 1. The molecule has 4 aromatic rings. The lowest BCUT2D eigenvalue weighted by molar-refractivity contribution is 0.288. The molecule has 0 saturated heterocycles. The third-order valence-electron chi connectivity index (χ3n) is 4.13. The highest BCUT2D eigenvalue weighted by atomic mass is 35.5. The number of imidazole rings is 1. The van der Waals surface area contributed by atoms with Gasteiger partial charge in [-0.25, -0.2) is 9.37 Å². The van der Waals surface area contributed by atoms with Crippen molar-refractivity contribution in [1.29, 1.82) is 0 Å². The van der Waals surface area contributed by atoms with E-state index in [1.54, 1.807) is 11.8 Å². The van der Waals surface area contributed by atoms with Gasteiger partial charge in [-0.1, -0.05) is 29.4 Å². The summed E-state index contributed by atoms with van der Waals surface area (Å²) in [4.78, 5) is 4.60. The number of nitrogens with zero attached hydrogens (tertiary/aromatic N) is 5. The van der Waals surface area contributed by atoms with Crippen LogP contribution in [-0.2, 0) is 18.9 Å². The minimum atomic E-state index is -0.476. The molecule has 0 fully saturated rings. The van der Waals surface area contributed by atoms with Gasteiger partial charge in [0.15, 0.2) is 11.0 Å². The van der Waals surface area contributed by atoms with Crippen LogP contribution < -0.4 is 4.74 Å². The lowest BCUT2D eigenvalue weighted by atomic mass is 10.3. The van der Waals surface area contributed by atoms with Gasteiger partial charge in [0.2, 0.25) is 0 Å². The Hall–Kier alpha value is -2.58. The predicted molar refractivity (Wildman–Crippen MR) is 106 cm³/mol. The van der Waals surface area contributed by atoms with Crippen LogP contribution in [0.3, 0.4) is 0 Å². The second-order valence-corrected chi connectivity index (χ2v) is 7.34. The molecule has 0 amide bonds. The maximum Gasteiger partial charge on any atom is 0.191 e. The molecule has 0 spiro atoms. The number of aromatic nitrogens is 5. The molecular weight excluding hydrogens is 401 g/mol. The summed E-state index contributed by atoms with van der Waals surface area (Å²) in [5.41, 5.74) is 1.89. The second-order valence-electron chi connectivity index (χ2n) is 5.99. The average Bonchev–Trinajstić information content (AvgIpc) is 3.30. The van der Waals surface area contributed by atoms with Gasteiger partial charge in [0.1, 0.15) is 23.8 Å². The Bertz CT molecular complexity index is 1080. The Kier molecular flexibility index (Phi) is 5.50. The minimum Gasteiger partial charge on any atom is -0.486 e. The highest BCUT2D eigenvalue weighted by Crippen LogP contribution is 2.24. The molecule has 0 unspecified atom stereocenters. The Balaban J connectivity index is 1.43. The molecule has 3 heterocycles. The standard InChI is InChI=1S/C19H17ClFN5OS/c1-2-26-18(11-27-14-6-7-16(21)15(20)9-14)23-24-19(26)28-12-13-10-25-8-4-3-5-17(25)22-13/h3-10H,2,11-12H2,1H3. The fourth-order valence-corrected chi connectivity index (χ4v) is 3.84. The van der Waals surface area contributed by atoms with E-state index >= 15 is 0 Å². The highest BCUT2D eigenvalue weighted by Gasteiger charge is 2.13. The predicted octanol–water partition coefficient (Wildman–Crippen LogP) is 4.61. The number of hydrogen-bond donors (Lipinski definition) is 0. The number of rotatable bonds is 7. The summed E-state index contributed by atoms with van der Waals surface area (Å²) in [6.45, 7) is 2.96. The van der Waals surface area contributed by atoms with Gasteiger partial charge in [-0.15, -0.1) is 10.2 Å². The summed E-state index contributed by atoms with van der Waals surface area (Å²) < 4.78 is 22.9. The fraction of sp³-hybridized carbons (Fsp3) is 0.211. The zero-order chi connectivity index (χ0) is 19.5. The number of halogens is 2. The first kappa shape index (κ1) is 18.8. The van der Waals surface area contributed by atoms with Crippen LogP contribution in [0, 0.1) is 5.82 Å². The van der Waals surface area contributed by atoms with E-state index in [0.717, 1.165) is 16.5 Å². The van der Waals surface area contributed by atoms with Crippen molar-refractivity contribution in [3.63, 3.8) is 0 Å². The third kappa shape index (κ3) is 3.98. The fourth-order valence-electron chi connectivity index (χ4n) is 2.76. The first-order valence-electron chi connectivity index (χ1n) is 8.69. The van der Waals surface area contributed by atoms with Gasteiger partial charge in [-0.3, -0.25) is 0 Å². The van der Waals surface area contributed by atoms with Crippen molar-refractivity contribution < 1.29 is 9.13 Å². The summed E-state index contributed by atoms with van der Waals surface area (Å²) in [5, 5.41) is 9.33. The topological polar surface area (TPSA) is 57.2 Å². The molecule has 9 heteroatoms. The van der Waals surface area contributed by atoms with Gasteiger partial charge in [-0.05, 0) is 31.2 Å². The molecule has 0 aliphatic carbocycles. The second kappa shape index (κ2) is 8.20. The zero-order valence-electron chi connectivity index (χ0n) is 15.0. The number of thioether (sulfide) groups is 1. The lowest BCUT2D eigenvalue weighted by Gasteiger charge is -2.09. The first-order chi connectivity index (χ1) is 13.6. The molecule has 28 heavy (non-hydrogen) atoms.